The maximum atomic E-state index is 11.7. The van der Waals surface area contributed by atoms with E-state index in [1.165, 1.54) is 17.4 Å². The van der Waals surface area contributed by atoms with Crippen molar-refractivity contribution in [2.24, 2.45) is 0 Å². The average molecular weight is 284 g/mol. The van der Waals surface area contributed by atoms with E-state index < -0.39 is 5.97 Å². The number of unbranched alkanes of at least 4 members (excludes halogenated alkanes) is 2. The number of hydrogen-bond donors (Lipinski definition) is 3. The SMILES string of the molecule is CCCCCC(C)NC(=O)Nc1sccc1C(=O)O. The van der Waals surface area contributed by atoms with Gasteiger partial charge in [-0.05, 0) is 24.8 Å². The van der Waals surface area contributed by atoms with Crippen molar-refractivity contribution in [3.05, 3.63) is 17.0 Å². The Morgan fingerprint density at radius 1 is 1.42 bits per heavy atom. The van der Waals surface area contributed by atoms with Gasteiger partial charge >= 0.3 is 12.0 Å². The van der Waals surface area contributed by atoms with Crippen LogP contribution in [0.1, 0.15) is 49.9 Å². The molecule has 1 heterocycles. The fourth-order valence-electron chi connectivity index (χ4n) is 1.71. The van der Waals surface area contributed by atoms with Crippen LogP contribution in [-0.4, -0.2) is 23.1 Å². The third-order valence-corrected chi connectivity index (χ3v) is 3.57. The predicted molar refractivity (Wildman–Crippen MR) is 77.0 cm³/mol. The second-order valence-electron chi connectivity index (χ2n) is 4.46. The Bertz CT molecular complexity index is 431. The normalized spacial score (nSPS) is 11.9. The van der Waals surface area contributed by atoms with Crippen LogP contribution in [0, 0.1) is 0 Å². The molecule has 0 saturated heterocycles. The fourth-order valence-corrected chi connectivity index (χ4v) is 2.48. The summed E-state index contributed by atoms with van der Waals surface area (Å²) in [7, 11) is 0. The largest absolute Gasteiger partial charge is 0.478 e. The molecule has 1 unspecified atom stereocenters. The lowest BCUT2D eigenvalue weighted by Gasteiger charge is -2.14. The highest BCUT2D eigenvalue weighted by Gasteiger charge is 2.14. The molecular formula is C13H20N2O3S. The Balaban J connectivity index is 2.42. The number of carboxylic acids is 1. The topological polar surface area (TPSA) is 78.4 Å². The molecule has 0 aliphatic rings. The Morgan fingerprint density at radius 2 is 2.16 bits per heavy atom. The molecular weight excluding hydrogens is 264 g/mol. The molecule has 1 rings (SSSR count). The van der Waals surface area contributed by atoms with Crippen molar-refractivity contribution < 1.29 is 14.7 Å². The third kappa shape index (κ3) is 5.30. The lowest BCUT2D eigenvalue weighted by Crippen LogP contribution is -2.36. The van der Waals surface area contributed by atoms with Crippen LogP contribution in [0.15, 0.2) is 11.4 Å². The van der Waals surface area contributed by atoms with Crippen LogP contribution < -0.4 is 10.6 Å². The molecule has 0 aromatic carbocycles. The van der Waals surface area contributed by atoms with E-state index in [1.807, 2.05) is 6.92 Å². The molecule has 19 heavy (non-hydrogen) atoms. The summed E-state index contributed by atoms with van der Waals surface area (Å²) in [4.78, 5) is 22.6. The van der Waals surface area contributed by atoms with Crippen LogP contribution in [0.4, 0.5) is 9.80 Å². The van der Waals surface area contributed by atoms with Gasteiger partial charge in [-0.1, -0.05) is 26.2 Å². The van der Waals surface area contributed by atoms with E-state index in [0.29, 0.717) is 5.00 Å². The quantitative estimate of drug-likeness (QED) is 0.670. The van der Waals surface area contributed by atoms with Crippen LogP contribution in [-0.2, 0) is 0 Å². The van der Waals surface area contributed by atoms with Gasteiger partial charge in [0.15, 0.2) is 0 Å². The summed E-state index contributed by atoms with van der Waals surface area (Å²) in [5.74, 6) is -1.03. The minimum Gasteiger partial charge on any atom is -0.478 e. The van der Waals surface area contributed by atoms with Crippen molar-refractivity contribution in [3.8, 4) is 0 Å². The zero-order chi connectivity index (χ0) is 14.3. The van der Waals surface area contributed by atoms with Crippen molar-refractivity contribution >= 4 is 28.3 Å². The Morgan fingerprint density at radius 3 is 2.79 bits per heavy atom. The van der Waals surface area contributed by atoms with Crippen LogP contribution in [0.25, 0.3) is 0 Å². The summed E-state index contributed by atoms with van der Waals surface area (Å²) < 4.78 is 0. The first-order valence-electron chi connectivity index (χ1n) is 6.43. The lowest BCUT2D eigenvalue weighted by atomic mass is 10.1. The van der Waals surface area contributed by atoms with Crippen molar-refractivity contribution in [2.45, 2.75) is 45.6 Å². The molecule has 0 fully saturated rings. The molecule has 1 aromatic rings. The van der Waals surface area contributed by atoms with Crippen molar-refractivity contribution in [1.29, 1.82) is 0 Å². The van der Waals surface area contributed by atoms with Gasteiger partial charge in [-0.15, -0.1) is 11.3 Å². The van der Waals surface area contributed by atoms with E-state index in [4.69, 9.17) is 5.11 Å². The highest BCUT2D eigenvalue weighted by molar-refractivity contribution is 7.14. The molecule has 106 valence electrons. The van der Waals surface area contributed by atoms with Gasteiger partial charge in [0.2, 0.25) is 0 Å². The molecule has 0 radical (unpaired) electrons. The zero-order valence-corrected chi connectivity index (χ0v) is 12.0. The van der Waals surface area contributed by atoms with Crippen LogP contribution in [0.3, 0.4) is 0 Å². The van der Waals surface area contributed by atoms with Gasteiger partial charge in [-0.25, -0.2) is 9.59 Å². The third-order valence-electron chi connectivity index (χ3n) is 2.74. The second-order valence-corrected chi connectivity index (χ2v) is 5.38. The van der Waals surface area contributed by atoms with Crippen molar-refractivity contribution in [3.63, 3.8) is 0 Å². The average Bonchev–Trinajstić information content (AvgIpc) is 2.77. The maximum absolute atomic E-state index is 11.7. The molecule has 0 aliphatic heterocycles. The first kappa shape index (κ1) is 15.5. The van der Waals surface area contributed by atoms with Gasteiger partial charge in [0.1, 0.15) is 5.00 Å². The fraction of sp³-hybridized carbons (Fsp3) is 0.538. The number of anilines is 1. The molecule has 2 amide bonds. The molecule has 0 saturated carbocycles. The monoisotopic (exact) mass is 284 g/mol. The van der Waals surface area contributed by atoms with Gasteiger partial charge < -0.3 is 10.4 Å². The summed E-state index contributed by atoms with van der Waals surface area (Å²) >= 11 is 1.20. The summed E-state index contributed by atoms with van der Waals surface area (Å²) in [5.41, 5.74) is 0.124. The van der Waals surface area contributed by atoms with Crippen LogP contribution >= 0.6 is 11.3 Å². The van der Waals surface area contributed by atoms with E-state index in [2.05, 4.69) is 17.6 Å². The van der Waals surface area contributed by atoms with E-state index in [1.54, 1.807) is 5.38 Å². The molecule has 1 aromatic heterocycles. The number of nitrogens with one attached hydrogen (secondary N) is 2. The first-order chi connectivity index (χ1) is 9.04. The molecule has 0 spiro atoms. The summed E-state index contributed by atoms with van der Waals surface area (Å²) in [6.45, 7) is 4.08. The molecule has 6 heteroatoms. The van der Waals surface area contributed by atoms with Gasteiger partial charge in [0, 0.05) is 6.04 Å². The summed E-state index contributed by atoms with van der Waals surface area (Å²) in [5, 5.41) is 16.3. The lowest BCUT2D eigenvalue weighted by molar-refractivity contribution is 0.0698. The second kappa shape index (κ2) is 7.78. The van der Waals surface area contributed by atoms with E-state index in [0.717, 1.165) is 25.7 Å². The van der Waals surface area contributed by atoms with Gasteiger partial charge in [-0.3, -0.25) is 5.32 Å². The van der Waals surface area contributed by atoms with Crippen molar-refractivity contribution in [1.82, 2.24) is 5.32 Å². The predicted octanol–water partition coefficient (Wildman–Crippen LogP) is 3.54. The van der Waals surface area contributed by atoms with Crippen LogP contribution in [0.5, 0.6) is 0 Å². The van der Waals surface area contributed by atoms with Crippen LogP contribution in [0.2, 0.25) is 0 Å². The number of carbonyl (C=O) groups is 2. The van der Waals surface area contributed by atoms with Gasteiger partial charge in [0.25, 0.3) is 0 Å². The molecule has 1 atom stereocenters. The molecule has 0 aliphatic carbocycles. The minimum atomic E-state index is -1.03. The number of amides is 2. The molecule has 0 bridgehead atoms. The highest BCUT2D eigenvalue weighted by atomic mass is 32.1. The van der Waals surface area contributed by atoms with Gasteiger partial charge in [-0.2, -0.15) is 0 Å². The Kier molecular flexibility index (Phi) is 6.35. The molecule has 3 N–H and O–H groups in total. The van der Waals surface area contributed by atoms with E-state index in [-0.39, 0.29) is 17.6 Å². The standard InChI is InChI=1S/C13H20N2O3S/c1-3-4-5-6-9(2)14-13(18)15-11-10(12(16)17)7-8-19-11/h7-9H,3-6H2,1-2H3,(H,16,17)(H2,14,15,18). The number of rotatable bonds is 7. The van der Waals surface area contributed by atoms with E-state index in [9.17, 15) is 9.59 Å². The number of urea groups is 1. The Labute approximate surface area is 117 Å². The van der Waals surface area contributed by atoms with Crippen molar-refractivity contribution in [2.75, 3.05) is 5.32 Å². The smallest absolute Gasteiger partial charge is 0.338 e. The highest BCUT2D eigenvalue weighted by Crippen LogP contribution is 2.22. The minimum absolute atomic E-state index is 0.0831. The summed E-state index contributed by atoms with van der Waals surface area (Å²) in [6, 6.07) is 1.21. The number of thiophene rings is 1. The number of carbonyl (C=O) groups excluding carboxylic acids is 1. The summed E-state index contributed by atoms with van der Waals surface area (Å²) in [6.07, 6.45) is 4.31. The number of aromatic carboxylic acids is 1. The van der Waals surface area contributed by atoms with E-state index >= 15 is 0 Å². The zero-order valence-electron chi connectivity index (χ0n) is 11.2. The maximum Gasteiger partial charge on any atom is 0.338 e. The number of carboxylic acid groups (broad SMARTS) is 1. The first-order valence-corrected chi connectivity index (χ1v) is 7.30. The molecule has 5 nitrogen and oxygen atoms in total. The number of hydrogen-bond acceptors (Lipinski definition) is 3. The Hall–Kier alpha value is -1.56. The van der Waals surface area contributed by atoms with Gasteiger partial charge in [0.05, 0.1) is 5.56 Å².